The number of nitrogen functional groups attached to an aromatic ring is 1. The maximum Gasteiger partial charge on any atom is 0.162 e. The molecule has 1 aromatic rings. The van der Waals surface area contributed by atoms with Gasteiger partial charge in [-0.2, -0.15) is 0 Å². The van der Waals surface area contributed by atoms with E-state index in [1.807, 2.05) is 13.8 Å². The van der Waals surface area contributed by atoms with Crippen LogP contribution in [0, 0.1) is 5.92 Å². The molecule has 0 bridgehead atoms. The van der Waals surface area contributed by atoms with E-state index in [0.29, 0.717) is 17.6 Å². The summed E-state index contributed by atoms with van der Waals surface area (Å²) >= 11 is 3.46. The van der Waals surface area contributed by atoms with Gasteiger partial charge in [0.1, 0.15) is 11.4 Å². The van der Waals surface area contributed by atoms with Crippen molar-refractivity contribution in [2.45, 2.75) is 46.1 Å². The molecule has 1 rings (SSSR count). The fourth-order valence-electron chi connectivity index (χ4n) is 1.67. The second-order valence-electron chi connectivity index (χ2n) is 5.08. The molecule has 2 N–H and O–H groups in total. The first-order chi connectivity index (χ1) is 8.34. The summed E-state index contributed by atoms with van der Waals surface area (Å²) in [6.45, 7) is 8.33. The Balaban J connectivity index is 3.27. The van der Waals surface area contributed by atoms with E-state index in [2.05, 4.69) is 39.7 Å². The molecule has 5 heteroatoms. The molecule has 0 aliphatic heterocycles. The van der Waals surface area contributed by atoms with Gasteiger partial charge in [-0.15, -0.1) is 0 Å². The molecule has 0 aliphatic rings. The molecule has 1 atom stereocenters. The van der Waals surface area contributed by atoms with Gasteiger partial charge in [-0.25, -0.2) is 9.97 Å². The zero-order valence-corrected chi connectivity index (χ0v) is 13.3. The Labute approximate surface area is 117 Å². The van der Waals surface area contributed by atoms with Gasteiger partial charge in [-0.1, -0.05) is 20.8 Å². The minimum absolute atomic E-state index is 0.479. The smallest absolute Gasteiger partial charge is 0.162 e. The number of rotatable bonds is 5. The standard InChI is InChI=1S/C13H22BrN3O/c1-6-13(4,18-5)12-16-9(7-8(2)3)10(14)11(15)17-12/h8H,6-7H2,1-5H3,(H2,15,16,17). The summed E-state index contributed by atoms with van der Waals surface area (Å²) in [6, 6.07) is 0. The molecule has 0 radical (unpaired) electrons. The van der Waals surface area contributed by atoms with Crippen LogP contribution in [-0.2, 0) is 16.8 Å². The topological polar surface area (TPSA) is 61.0 Å². The summed E-state index contributed by atoms with van der Waals surface area (Å²) in [6.07, 6.45) is 1.66. The van der Waals surface area contributed by atoms with Crippen LogP contribution in [0.3, 0.4) is 0 Å². The molecule has 18 heavy (non-hydrogen) atoms. The van der Waals surface area contributed by atoms with Gasteiger partial charge in [0.05, 0.1) is 10.2 Å². The van der Waals surface area contributed by atoms with Crippen LogP contribution in [0.1, 0.15) is 45.6 Å². The minimum Gasteiger partial charge on any atom is -0.383 e. The number of anilines is 1. The van der Waals surface area contributed by atoms with Crippen LogP contribution in [0.15, 0.2) is 4.47 Å². The van der Waals surface area contributed by atoms with Crippen molar-refractivity contribution in [1.82, 2.24) is 9.97 Å². The summed E-state index contributed by atoms with van der Waals surface area (Å²) in [5.41, 5.74) is 6.41. The Morgan fingerprint density at radius 1 is 1.39 bits per heavy atom. The van der Waals surface area contributed by atoms with E-state index in [-0.39, 0.29) is 0 Å². The highest BCUT2D eigenvalue weighted by Crippen LogP contribution is 2.30. The molecule has 0 saturated carbocycles. The highest BCUT2D eigenvalue weighted by Gasteiger charge is 2.29. The van der Waals surface area contributed by atoms with Gasteiger partial charge in [-0.05, 0) is 41.6 Å². The maximum absolute atomic E-state index is 5.95. The molecular weight excluding hydrogens is 294 g/mol. The van der Waals surface area contributed by atoms with E-state index >= 15 is 0 Å². The normalized spacial score (nSPS) is 14.8. The number of nitrogens with two attached hydrogens (primary N) is 1. The zero-order chi connectivity index (χ0) is 13.9. The average Bonchev–Trinajstić information content (AvgIpc) is 2.33. The molecule has 0 spiro atoms. The second kappa shape index (κ2) is 5.97. The fraction of sp³-hybridized carbons (Fsp3) is 0.692. The van der Waals surface area contributed by atoms with Crippen LogP contribution >= 0.6 is 15.9 Å². The van der Waals surface area contributed by atoms with Crippen molar-refractivity contribution in [2.24, 2.45) is 5.92 Å². The van der Waals surface area contributed by atoms with Gasteiger partial charge >= 0.3 is 0 Å². The predicted molar refractivity (Wildman–Crippen MR) is 77.3 cm³/mol. The largest absolute Gasteiger partial charge is 0.383 e. The third kappa shape index (κ3) is 3.20. The van der Waals surface area contributed by atoms with Gasteiger partial charge in [0.15, 0.2) is 5.82 Å². The highest BCUT2D eigenvalue weighted by molar-refractivity contribution is 9.10. The van der Waals surface area contributed by atoms with E-state index in [0.717, 1.165) is 23.0 Å². The molecule has 4 nitrogen and oxygen atoms in total. The molecule has 0 saturated heterocycles. The Bertz CT molecular complexity index is 417. The number of ether oxygens (including phenoxy) is 1. The first kappa shape index (κ1) is 15.4. The van der Waals surface area contributed by atoms with Gasteiger partial charge < -0.3 is 10.5 Å². The van der Waals surface area contributed by atoms with Crippen molar-refractivity contribution in [3.63, 3.8) is 0 Å². The first-order valence-corrected chi connectivity index (χ1v) is 7.00. The number of nitrogens with zero attached hydrogens (tertiary/aromatic N) is 2. The van der Waals surface area contributed by atoms with Crippen LogP contribution in [0.4, 0.5) is 5.82 Å². The van der Waals surface area contributed by atoms with Crippen molar-refractivity contribution >= 4 is 21.7 Å². The quantitative estimate of drug-likeness (QED) is 0.905. The molecule has 0 aliphatic carbocycles. The Morgan fingerprint density at radius 3 is 2.44 bits per heavy atom. The minimum atomic E-state index is -0.486. The second-order valence-corrected chi connectivity index (χ2v) is 5.87. The van der Waals surface area contributed by atoms with Crippen LogP contribution in [0.2, 0.25) is 0 Å². The Hall–Kier alpha value is -0.680. The lowest BCUT2D eigenvalue weighted by molar-refractivity contribution is -0.00908. The number of methoxy groups -OCH3 is 1. The average molecular weight is 316 g/mol. The van der Waals surface area contributed by atoms with Crippen molar-refractivity contribution in [3.8, 4) is 0 Å². The highest BCUT2D eigenvalue weighted by atomic mass is 79.9. The third-order valence-electron chi connectivity index (χ3n) is 3.15. The summed E-state index contributed by atoms with van der Waals surface area (Å²) in [5.74, 6) is 1.65. The van der Waals surface area contributed by atoms with E-state index < -0.39 is 5.60 Å². The summed E-state index contributed by atoms with van der Waals surface area (Å²) in [5, 5.41) is 0. The predicted octanol–water partition coefficient (Wildman–Crippen LogP) is 3.29. The monoisotopic (exact) mass is 315 g/mol. The molecule has 0 fully saturated rings. The lowest BCUT2D eigenvalue weighted by Crippen LogP contribution is -2.27. The summed E-state index contributed by atoms with van der Waals surface area (Å²) in [4.78, 5) is 8.97. The van der Waals surface area contributed by atoms with Crippen LogP contribution < -0.4 is 5.73 Å². The van der Waals surface area contributed by atoms with E-state index in [9.17, 15) is 0 Å². The number of hydrogen-bond acceptors (Lipinski definition) is 4. The number of hydrogen-bond donors (Lipinski definition) is 1. The van der Waals surface area contributed by atoms with E-state index in [4.69, 9.17) is 10.5 Å². The molecule has 1 aromatic heterocycles. The van der Waals surface area contributed by atoms with Crippen molar-refractivity contribution < 1.29 is 4.74 Å². The van der Waals surface area contributed by atoms with Gasteiger partial charge in [0, 0.05) is 7.11 Å². The summed E-state index contributed by atoms with van der Waals surface area (Å²) in [7, 11) is 1.67. The molecule has 102 valence electrons. The van der Waals surface area contributed by atoms with Crippen molar-refractivity contribution in [3.05, 3.63) is 16.0 Å². The lowest BCUT2D eigenvalue weighted by atomic mass is 10.0. The van der Waals surface area contributed by atoms with Crippen molar-refractivity contribution in [1.29, 1.82) is 0 Å². The van der Waals surface area contributed by atoms with Gasteiger partial charge in [-0.3, -0.25) is 0 Å². The Morgan fingerprint density at radius 2 is 2.00 bits per heavy atom. The van der Waals surface area contributed by atoms with Crippen LogP contribution in [0.5, 0.6) is 0 Å². The Kier molecular flexibility index (Phi) is 5.10. The number of aromatic nitrogens is 2. The third-order valence-corrected chi connectivity index (χ3v) is 4.01. The molecule has 1 unspecified atom stereocenters. The van der Waals surface area contributed by atoms with Crippen LogP contribution in [-0.4, -0.2) is 17.1 Å². The molecule has 0 amide bonds. The lowest BCUT2D eigenvalue weighted by Gasteiger charge is -2.26. The molecule has 1 heterocycles. The fourth-order valence-corrected chi connectivity index (χ4v) is 2.00. The SMILES string of the molecule is CCC(C)(OC)c1nc(N)c(Br)c(CC(C)C)n1. The molecule has 0 aromatic carbocycles. The van der Waals surface area contributed by atoms with E-state index in [1.165, 1.54) is 0 Å². The van der Waals surface area contributed by atoms with E-state index in [1.54, 1.807) is 7.11 Å². The van der Waals surface area contributed by atoms with Gasteiger partial charge in [0.2, 0.25) is 0 Å². The first-order valence-electron chi connectivity index (χ1n) is 6.21. The molecular formula is C13H22BrN3O. The summed E-state index contributed by atoms with van der Waals surface area (Å²) < 4.78 is 6.33. The van der Waals surface area contributed by atoms with Gasteiger partial charge in [0.25, 0.3) is 0 Å². The number of halogens is 1. The van der Waals surface area contributed by atoms with Crippen LogP contribution in [0.25, 0.3) is 0 Å². The zero-order valence-electron chi connectivity index (χ0n) is 11.7. The van der Waals surface area contributed by atoms with Crippen molar-refractivity contribution in [2.75, 3.05) is 12.8 Å². The maximum atomic E-state index is 5.95.